The van der Waals surface area contributed by atoms with E-state index in [1.807, 2.05) is 30.3 Å². The van der Waals surface area contributed by atoms with Gasteiger partial charge in [-0.15, -0.1) is 0 Å². The molecule has 0 spiro atoms. The van der Waals surface area contributed by atoms with Crippen LogP contribution in [0.4, 0.5) is 0 Å². The summed E-state index contributed by atoms with van der Waals surface area (Å²) in [4.78, 5) is 15.3. The average Bonchev–Trinajstić information content (AvgIpc) is 3.26. The summed E-state index contributed by atoms with van der Waals surface area (Å²) in [5.74, 6) is 1.82. The Kier molecular flexibility index (Phi) is 5.39. The van der Waals surface area contributed by atoms with Crippen LogP contribution >= 0.6 is 11.8 Å². The lowest BCUT2D eigenvalue weighted by Gasteiger charge is -2.46. The first kappa shape index (κ1) is 19.4. The molecule has 2 fully saturated rings. The lowest BCUT2D eigenvalue weighted by atomic mass is 9.63. The molecule has 2 saturated heterocycles. The van der Waals surface area contributed by atoms with Gasteiger partial charge in [0, 0.05) is 29.7 Å². The summed E-state index contributed by atoms with van der Waals surface area (Å²) in [5, 5.41) is 0.485. The summed E-state index contributed by atoms with van der Waals surface area (Å²) in [6.45, 7) is 1.70. The van der Waals surface area contributed by atoms with E-state index in [2.05, 4.69) is 77.3 Å². The molecule has 3 aromatic carbocycles. The molecule has 2 aliphatic rings. The highest BCUT2D eigenvalue weighted by molar-refractivity contribution is 8.00. The van der Waals surface area contributed by atoms with Crippen molar-refractivity contribution in [2.75, 3.05) is 18.8 Å². The molecule has 0 bridgehead atoms. The standard InChI is InChI=1S/C27H27NOS/c29-26(18-21-10-4-1-5-11-21)28-19-24-25(20-28)30-17-16-27(24,22-12-6-2-7-13-22)23-14-8-3-9-15-23/h1-15,24-25H,16-20H2/t24-,25+/m0/s1. The Hall–Kier alpha value is -2.52. The Bertz CT molecular complexity index is 950. The molecular weight excluding hydrogens is 386 g/mol. The molecule has 3 aromatic rings. The molecule has 0 saturated carbocycles. The van der Waals surface area contributed by atoms with Gasteiger partial charge in [0.05, 0.1) is 6.42 Å². The zero-order valence-corrected chi connectivity index (χ0v) is 17.9. The van der Waals surface area contributed by atoms with Crippen molar-refractivity contribution in [2.45, 2.75) is 23.5 Å². The van der Waals surface area contributed by atoms with Crippen molar-refractivity contribution in [1.29, 1.82) is 0 Å². The minimum absolute atomic E-state index is 0.0276. The Morgan fingerprint density at radius 3 is 2.00 bits per heavy atom. The molecule has 2 heterocycles. The zero-order chi connectivity index (χ0) is 20.4. The minimum Gasteiger partial charge on any atom is -0.341 e. The van der Waals surface area contributed by atoms with Gasteiger partial charge in [-0.1, -0.05) is 91.0 Å². The molecule has 0 radical (unpaired) electrons. The highest BCUT2D eigenvalue weighted by Gasteiger charge is 2.52. The topological polar surface area (TPSA) is 20.3 Å². The van der Waals surface area contributed by atoms with E-state index in [1.165, 1.54) is 11.1 Å². The van der Waals surface area contributed by atoms with E-state index < -0.39 is 0 Å². The van der Waals surface area contributed by atoms with Crippen LogP contribution in [0.2, 0.25) is 0 Å². The van der Waals surface area contributed by atoms with Crippen molar-refractivity contribution >= 4 is 17.7 Å². The number of amides is 1. The van der Waals surface area contributed by atoms with E-state index in [9.17, 15) is 4.79 Å². The molecule has 1 amide bonds. The van der Waals surface area contributed by atoms with Crippen LogP contribution in [0.1, 0.15) is 23.1 Å². The van der Waals surface area contributed by atoms with Crippen LogP contribution < -0.4 is 0 Å². The fourth-order valence-corrected chi connectivity index (χ4v) is 6.99. The largest absolute Gasteiger partial charge is 0.341 e. The van der Waals surface area contributed by atoms with Crippen molar-refractivity contribution < 1.29 is 4.79 Å². The van der Waals surface area contributed by atoms with Gasteiger partial charge in [0.1, 0.15) is 0 Å². The van der Waals surface area contributed by atoms with E-state index in [4.69, 9.17) is 0 Å². The summed E-state index contributed by atoms with van der Waals surface area (Å²) in [7, 11) is 0. The molecule has 152 valence electrons. The van der Waals surface area contributed by atoms with Gasteiger partial charge >= 0.3 is 0 Å². The Morgan fingerprint density at radius 1 is 0.833 bits per heavy atom. The van der Waals surface area contributed by atoms with Crippen molar-refractivity contribution in [1.82, 2.24) is 4.90 Å². The van der Waals surface area contributed by atoms with Gasteiger partial charge in [-0.25, -0.2) is 0 Å². The van der Waals surface area contributed by atoms with Crippen LogP contribution in [-0.4, -0.2) is 34.9 Å². The van der Waals surface area contributed by atoms with Crippen molar-refractivity contribution in [3.63, 3.8) is 0 Å². The number of carbonyl (C=O) groups is 1. The smallest absolute Gasteiger partial charge is 0.227 e. The first-order chi connectivity index (χ1) is 14.8. The number of thioether (sulfide) groups is 1. The van der Waals surface area contributed by atoms with Crippen LogP contribution in [0.25, 0.3) is 0 Å². The van der Waals surface area contributed by atoms with Gasteiger partial charge in [-0.05, 0) is 28.9 Å². The molecule has 0 N–H and O–H groups in total. The molecular formula is C27H27NOS. The SMILES string of the molecule is O=C(Cc1ccccc1)N1C[C@H]2SCCC(c3ccccc3)(c3ccccc3)[C@H]2C1. The molecule has 0 aliphatic carbocycles. The van der Waals surface area contributed by atoms with Crippen molar-refractivity contribution in [3.05, 3.63) is 108 Å². The second-order valence-electron chi connectivity index (χ2n) is 8.43. The third-order valence-electron chi connectivity index (χ3n) is 6.86. The van der Waals surface area contributed by atoms with Gasteiger partial charge < -0.3 is 4.90 Å². The third-order valence-corrected chi connectivity index (χ3v) is 8.20. The lowest BCUT2D eigenvalue weighted by Crippen LogP contribution is -2.45. The number of benzene rings is 3. The van der Waals surface area contributed by atoms with Gasteiger partial charge in [0.2, 0.25) is 5.91 Å². The summed E-state index contributed by atoms with van der Waals surface area (Å²) >= 11 is 2.06. The third kappa shape index (κ3) is 3.45. The molecule has 2 atom stereocenters. The van der Waals surface area contributed by atoms with E-state index in [0.29, 0.717) is 17.6 Å². The number of hydrogen-bond donors (Lipinski definition) is 0. The predicted molar refractivity (Wildman–Crippen MR) is 125 cm³/mol. The normalized spacial score (nSPS) is 22.5. The monoisotopic (exact) mass is 413 g/mol. The molecule has 2 nitrogen and oxygen atoms in total. The predicted octanol–water partition coefficient (Wildman–Crippen LogP) is 5.18. The highest BCUT2D eigenvalue weighted by atomic mass is 32.2. The molecule has 2 aliphatic heterocycles. The highest BCUT2D eigenvalue weighted by Crippen LogP contribution is 2.53. The van der Waals surface area contributed by atoms with Crippen LogP contribution in [0.15, 0.2) is 91.0 Å². The summed E-state index contributed by atoms with van der Waals surface area (Å²) in [6, 6.07) is 32.1. The summed E-state index contributed by atoms with van der Waals surface area (Å²) < 4.78 is 0. The van der Waals surface area contributed by atoms with E-state index >= 15 is 0 Å². The van der Waals surface area contributed by atoms with E-state index in [0.717, 1.165) is 30.8 Å². The summed E-state index contributed by atoms with van der Waals surface area (Å²) in [6.07, 6.45) is 1.61. The fourth-order valence-electron chi connectivity index (χ4n) is 5.41. The zero-order valence-electron chi connectivity index (χ0n) is 17.1. The Balaban J connectivity index is 1.49. The minimum atomic E-state index is -0.0276. The second-order valence-corrected chi connectivity index (χ2v) is 9.78. The quantitative estimate of drug-likeness (QED) is 0.587. The first-order valence-electron chi connectivity index (χ1n) is 10.8. The Morgan fingerprint density at radius 2 is 1.40 bits per heavy atom. The Labute approximate surface area is 183 Å². The van der Waals surface area contributed by atoms with Gasteiger partial charge in [0.25, 0.3) is 0 Å². The molecule has 0 unspecified atom stereocenters. The van der Waals surface area contributed by atoms with Gasteiger partial charge in [0.15, 0.2) is 0 Å². The number of nitrogens with zero attached hydrogens (tertiary/aromatic N) is 1. The maximum atomic E-state index is 13.2. The maximum Gasteiger partial charge on any atom is 0.227 e. The summed E-state index contributed by atoms with van der Waals surface area (Å²) in [5.41, 5.74) is 3.86. The average molecular weight is 414 g/mol. The van der Waals surface area contributed by atoms with Crippen LogP contribution in [0.5, 0.6) is 0 Å². The van der Waals surface area contributed by atoms with Gasteiger partial charge in [-0.2, -0.15) is 11.8 Å². The van der Waals surface area contributed by atoms with Crippen molar-refractivity contribution in [2.24, 2.45) is 5.92 Å². The van der Waals surface area contributed by atoms with Crippen LogP contribution in [-0.2, 0) is 16.6 Å². The number of rotatable bonds is 4. The number of fused-ring (bicyclic) bond motifs is 1. The van der Waals surface area contributed by atoms with E-state index in [1.54, 1.807) is 0 Å². The molecule has 0 aromatic heterocycles. The fraction of sp³-hybridized carbons (Fsp3) is 0.296. The number of likely N-dealkylation sites (tertiary alicyclic amines) is 1. The van der Waals surface area contributed by atoms with Crippen LogP contribution in [0.3, 0.4) is 0 Å². The molecule has 3 heteroatoms. The number of hydrogen-bond acceptors (Lipinski definition) is 2. The van der Waals surface area contributed by atoms with E-state index in [-0.39, 0.29) is 11.3 Å². The molecule has 5 rings (SSSR count). The maximum absolute atomic E-state index is 13.2. The van der Waals surface area contributed by atoms with Gasteiger partial charge in [-0.3, -0.25) is 4.79 Å². The van der Waals surface area contributed by atoms with Crippen molar-refractivity contribution in [3.8, 4) is 0 Å². The van der Waals surface area contributed by atoms with Crippen LogP contribution in [0, 0.1) is 5.92 Å². The number of carbonyl (C=O) groups excluding carboxylic acids is 1. The molecule has 30 heavy (non-hydrogen) atoms. The lowest BCUT2D eigenvalue weighted by molar-refractivity contribution is -0.129. The second kappa shape index (κ2) is 8.31. The first-order valence-corrected chi connectivity index (χ1v) is 11.9.